The molecular weight excluding hydrogens is 360 g/mol. The Bertz CT molecular complexity index is 946. The van der Waals surface area contributed by atoms with Crippen molar-refractivity contribution in [3.63, 3.8) is 0 Å². The van der Waals surface area contributed by atoms with Crippen LogP contribution in [-0.2, 0) is 14.8 Å². The van der Waals surface area contributed by atoms with E-state index in [9.17, 15) is 13.2 Å². The minimum absolute atomic E-state index is 0.0672. The Morgan fingerprint density at radius 2 is 1.96 bits per heavy atom. The highest BCUT2D eigenvalue weighted by Crippen LogP contribution is 2.33. The zero-order chi connectivity index (χ0) is 17.9. The van der Waals surface area contributed by atoms with Crippen molar-refractivity contribution < 1.29 is 17.6 Å². The molecule has 128 valence electrons. The molecule has 8 heteroatoms. The lowest BCUT2D eigenvalue weighted by Gasteiger charge is -2.12. The van der Waals surface area contributed by atoms with E-state index < -0.39 is 10.0 Å². The predicted molar refractivity (Wildman–Crippen MR) is 97.2 cm³/mol. The van der Waals surface area contributed by atoms with Crippen LogP contribution in [0.4, 0.5) is 0 Å². The molecule has 0 atom stereocenters. The molecule has 1 aromatic heterocycles. The molecule has 0 aliphatic carbocycles. The lowest BCUT2D eigenvalue weighted by Crippen LogP contribution is -2.29. The number of amides is 1. The molecule has 0 N–H and O–H groups in total. The summed E-state index contributed by atoms with van der Waals surface area (Å²) in [4.78, 5) is 14.2. The Labute approximate surface area is 149 Å². The van der Waals surface area contributed by atoms with Crippen molar-refractivity contribution in [3.05, 3.63) is 72.0 Å². The van der Waals surface area contributed by atoms with E-state index in [0.29, 0.717) is 10.7 Å². The molecule has 1 aliphatic rings. The van der Waals surface area contributed by atoms with Crippen molar-refractivity contribution >= 4 is 38.9 Å². The van der Waals surface area contributed by atoms with Gasteiger partial charge >= 0.3 is 0 Å². The zero-order valence-corrected chi connectivity index (χ0v) is 14.7. The number of thioether (sulfide) groups is 1. The summed E-state index contributed by atoms with van der Waals surface area (Å²) in [5.74, 6) is 0.157. The molecule has 1 fully saturated rings. The second-order valence-corrected chi connectivity index (χ2v) is 7.61. The first kappa shape index (κ1) is 17.2. The SMILES string of the molecule is C=CCN1C(=O)/C(=C/c2ccco2)S/C1=N/S(=O)(=O)c1ccccc1. The van der Waals surface area contributed by atoms with Crippen LogP contribution in [0.5, 0.6) is 0 Å². The fourth-order valence-corrected chi connectivity index (χ4v) is 4.31. The van der Waals surface area contributed by atoms with E-state index in [-0.39, 0.29) is 22.5 Å². The van der Waals surface area contributed by atoms with Gasteiger partial charge in [0, 0.05) is 12.6 Å². The fraction of sp³-hybridized carbons (Fsp3) is 0.0588. The van der Waals surface area contributed by atoms with Gasteiger partial charge in [0.15, 0.2) is 5.17 Å². The number of hydrogen-bond acceptors (Lipinski definition) is 5. The normalized spacial score (nSPS) is 18.2. The first-order valence-corrected chi connectivity index (χ1v) is 9.53. The third kappa shape index (κ3) is 3.75. The Balaban J connectivity index is 1.99. The van der Waals surface area contributed by atoms with E-state index in [1.165, 1.54) is 29.4 Å². The number of nitrogens with zero attached hydrogens (tertiary/aromatic N) is 2. The average Bonchev–Trinajstić information content (AvgIpc) is 3.20. The van der Waals surface area contributed by atoms with E-state index in [1.54, 1.807) is 36.4 Å². The number of furan rings is 1. The van der Waals surface area contributed by atoms with Crippen molar-refractivity contribution in [2.75, 3.05) is 6.54 Å². The molecule has 6 nitrogen and oxygen atoms in total. The standard InChI is InChI=1S/C17H14N2O4S2/c1-2-10-19-16(20)15(12-13-7-6-11-23-13)24-17(19)18-25(21,22)14-8-4-3-5-9-14/h2-9,11-12H,1,10H2/b15-12-,18-17+. The van der Waals surface area contributed by atoms with Crippen molar-refractivity contribution in [1.29, 1.82) is 0 Å². The van der Waals surface area contributed by atoms with Crippen LogP contribution in [0, 0.1) is 0 Å². The molecule has 25 heavy (non-hydrogen) atoms. The van der Waals surface area contributed by atoms with E-state index in [0.717, 1.165) is 11.8 Å². The molecule has 0 spiro atoms. The van der Waals surface area contributed by atoms with Crippen LogP contribution in [0.15, 0.2) is 80.0 Å². The molecule has 3 rings (SSSR count). The number of amidine groups is 1. The van der Waals surface area contributed by atoms with Crippen LogP contribution in [0.2, 0.25) is 0 Å². The summed E-state index contributed by atoms with van der Waals surface area (Å²) >= 11 is 0.987. The minimum Gasteiger partial charge on any atom is -0.465 e. The molecule has 1 aliphatic heterocycles. The van der Waals surface area contributed by atoms with Crippen LogP contribution < -0.4 is 0 Å². The Hall–Kier alpha value is -2.58. The Kier molecular flexibility index (Phi) is 4.91. The first-order chi connectivity index (χ1) is 12.0. The third-order valence-corrected chi connectivity index (χ3v) is 5.66. The zero-order valence-electron chi connectivity index (χ0n) is 13.0. The van der Waals surface area contributed by atoms with Crippen LogP contribution in [0.1, 0.15) is 5.76 Å². The highest BCUT2D eigenvalue weighted by atomic mass is 32.2. The number of hydrogen-bond donors (Lipinski definition) is 0. The number of rotatable bonds is 5. The number of carbonyl (C=O) groups excluding carboxylic acids is 1. The molecule has 2 heterocycles. The molecule has 0 bridgehead atoms. The average molecular weight is 374 g/mol. The van der Waals surface area contributed by atoms with E-state index in [1.807, 2.05) is 0 Å². The predicted octanol–water partition coefficient (Wildman–Crippen LogP) is 3.13. The van der Waals surface area contributed by atoms with Crippen LogP contribution >= 0.6 is 11.8 Å². The summed E-state index contributed by atoms with van der Waals surface area (Å²) in [6, 6.07) is 11.3. The van der Waals surface area contributed by atoms with E-state index >= 15 is 0 Å². The largest absolute Gasteiger partial charge is 0.465 e. The van der Waals surface area contributed by atoms with Gasteiger partial charge in [0.05, 0.1) is 16.1 Å². The molecular formula is C17H14N2O4S2. The van der Waals surface area contributed by atoms with Crippen molar-refractivity contribution in [1.82, 2.24) is 4.90 Å². The van der Waals surface area contributed by atoms with Gasteiger partial charge in [-0.15, -0.1) is 11.0 Å². The van der Waals surface area contributed by atoms with Crippen molar-refractivity contribution in [2.45, 2.75) is 4.90 Å². The summed E-state index contributed by atoms with van der Waals surface area (Å²) in [6.45, 7) is 3.76. The molecule has 1 amide bonds. The summed E-state index contributed by atoms with van der Waals surface area (Å²) in [5, 5.41) is 0.0894. The smallest absolute Gasteiger partial charge is 0.284 e. The van der Waals surface area contributed by atoms with Gasteiger partial charge in [-0.1, -0.05) is 24.3 Å². The highest BCUT2D eigenvalue weighted by Gasteiger charge is 2.34. The number of carbonyl (C=O) groups is 1. The van der Waals surface area contributed by atoms with Gasteiger partial charge in [-0.2, -0.15) is 8.42 Å². The van der Waals surface area contributed by atoms with Gasteiger partial charge in [-0.05, 0) is 36.0 Å². The van der Waals surface area contributed by atoms with Crippen LogP contribution in [0.25, 0.3) is 6.08 Å². The summed E-state index contributed by atoms with van der Waals surface area (Å²) < 4.78 is 34.0. The summed E-state index contributed by atoms with van der Waals surface area (Å²) in [6.07, 6.45) is 4.56. The van der Waals surface area contributed by atoms with Crippen LogP contribution in [-0.4, -0.2) is 30.9 Å². The minimum atomic E-state index is -3.92. The van der Waals surface area contributed by atoms with Crippen LogP contribution in [0.3, 0.4) is 0 Å². The summed E-state index contributed by atoms with van der Waals surface area (Å²) in [7, 11) is -3.92. The van der Waals surface area contributed by atoms with Gasteiger partial charge in [0.1, 0.15) is 5.76 Å². The lowest BCUT2D eigenvalue weighted by molar-refractivity contribution is -0.121. The molecule has 0 saturated carbocycles. The fourth-order valence-electron chi connectivity index (χ4n) is 2.12. The highest BCUT2D eigenvalue weighted by molar-refractivity contribution is 8.19. The first-order valence-electron chi connectivity index (χ1n) is 7.27. The van der Waals surface area contributed by atoms with Gasteiger partial charge in [-0.25, -0.2) is 0 Å². The van der Waals surface area contributed by atoms with Crippen molar-refractivity contribution in [3.8, 4) is 0 Å². The molecule has 0 radical (unpaired) electrons. The van der Waals surface area contributed by atoms with E-state index in [4.69, 9.17) is 4.42 Å². The molecule has 1 saturated heterocycles. The number of benzene rings is 1. The van der Waals surface area contributed by atoms with E-state index in [2.05, 4.69) is 11.0 Å². The molecule has 0 unspecified atom stereocenters. The molecule has 1 aromatic carbocycles. The topological polar surface area (TPSA) is 80.0 Å². The van der Waals surface area contributed by atoms with Crippen molar-refractivity contribution in [2.24, 2.45) is 4.40 Å². The second kappa shape index (κ2) is 7.12. The van der Waals surface area contributed by atoms with Gasteiger partial charge in [0.2, 0.25) is 0 Å². The van der Waals surface area contributed by atoms with Gasteiger partial charge in [0.25, 0.3) is 15.9 Å². The van der Waals surface area contributed by atoms with Gasteiger partial charge < -0.3 is 4.42 Å². The monoisotopic (exact) mass is 374 g/mol. The lowest BCUT2D eigenvalue weighted by atomic mass is 10.3. The molecule has 2 aromatic rings. The maximum Gasteiger partial charge on any atom is 0.284 e. The maximum atomic E-state index is 12.5. The quantitative estimate of drug-likeness (QED) is 0.593. The maximum absolute atomic E-state index is 12.5. The number of sulfonamides is 1. The third-order valence-electron chi connectivity index (χ3n) is 3.26. The Morgan fingerprint density at radius 3 is 2.60 bits per heavy atom. The Morgan fingerprint density at radius 1 is 1.20 bits per heavy atom. The summed E-state index contributed by atoms with van der Waals surface area (Å²) in [5.41, 5.74) is 0. The van der Waals surface area contributed by atoms with Gasteiger partial charge in [-0.3, -0.25) is 9.69 Å². The second-order valence-electron chi connectivity index (χ2n) is 4.99.